The number of aromatic amines is 1. The number of anilines is 1. The topological polar surface area (TPSA) is 73.2 Å². The fourth-order valence-electron chi connectivity index (χ4n) is 1.79. The summed E-state index contributed by atoms with van der Waals surface area (Å²) in [6, 6.07) is 3.29. The van der Waals surface area contributed by atoms with Crippen molar-refractivity contribution >= 4 is 5.82 Å². The van der Waals surface area contributed by atoms with Crippen LogP contribution in [0.3, 0.4) is 0 Å². The lowest BCUT2D eigenvalue weighted by Crippen LogP contribution is -1.96. The van der Waals surface area contributed by atoms with Gasteiger partial charge in [-0.05, 0) is 12.1 Å². The van der Waals surface area contributed by atoms with Crippen LogP contribution in [-0.4, -0.2) is 24.4 Å². The van der Waals surface area contributed by atoms with E-state index in [1.807, 2.05) is 0 Å². The zero-order valence-electron chi connectivity index (χ0n) is 10.2. The van der Waals surface area contributed by atoms with Gasteiger partial charge >= 0.3 is 0 Å². The van der Waals surface area contributed by atoms with Gasteiger partial charge in [0.05, 0.1) is 20.4 Å². The zero-order chi connectivity index (χ0) is 13.1. The van der Waals surface area contributed by atoms with Crippen LogP contribution in [0.1, 0.15) is 5.56 Å². The lowest BCUT2D eigenvalue weighted by molar-refractivity contribution is 0.386. The molecule has 5 nitrogen and oxygen atoms in total. The number of nitrogens with two attached hydrogens (primary N) is 1. The second-order valence-corrected chi connectivity index (χ2v) is 3.70. The summed E-state index contributed by atoms with van der Waals surface area (Å²) in [5.41, 5.74) is 7.60. The van der Waals surface area contributed by atoms with Crippen LogP contribution in [-0.2, 0) is 6.67 Å². The van der Waals surface area contributed by atoms with E-state index >= 15 is 0 Å². The molecule has 1 aromatic heterocycles. The van der Waals surface area contributed by atoms with E-state index in [4.69, 9.17) is 15.2 Å². The van der Waals surface area contributed by atoms with Gasteiger partial charge in [-0.1, -0.05) is 0 Å². The minimum Gasteiger partial charge on any atom is -0.496 e. The Balaban J connectivity index is 2.62. The predicted octanol–water partition coefficient (Wildman–Crippen LogP) is 2.15. The summed E-state index contributed by atoms with van der Waals surface area (Å²) in [5, 5.41) is 6.49. The van der Waals surface area contributed by atoms with Gasteiger partial charge in [0.2, 0.25) is 0 Å². The highest BCUT2D eigenvalue weighted by Crippen LogP contribution is 2.38. The summed E-state index contributed by atoms with van der Waals surface area (Å²) in [6.07, 6.45) is 1.59. The largest absolute Gasteiger partial charge is 0.496 e. The Morgan fingerprint density at radius 3 is 2.44 bits per heavy atom. The zero-order valence-corrected chi connectivity index (χ0v) is 10.2. The van der Waals surface area contributed by atoms with Gasteiger partial charge in [-0.15, -0.1) is 0 Å². The molecule has 0 radical (unpaired) electrons. The van der Waals surface area contributed by atoms with E-state index in [-0.39, 0.29) is 0 Å². The first-order chi connectivity index (χ1) is 8.71. The van der Waals surface area contributed by atoms with Gasteiger partial charge in [-0.2, -0.15) is 5.10 Å². The van der Waals surface area contributed by atoms with Crippen LogP contribution in [0.5, 0.6) is 11.5 Å². The van der Waals surface area contributed by atoms with Crippen molar-refractivity contribution in [2.45, 2.75) is 6.67 Å². The first kappa shape index (κ1) is 12.2. The van der Waals surface area contributed by atoms with E-state index in [2.05, 4.69) is 10.2 Å². The number of alkyl halides is 1. The molecule has 2 aromatic rings. The highest BCUT2D eigenvalue weighted by molar-refractivity contribution is 5.79. The molecule has 96 valence electrons. The molecule has 2 rings (SSSR count). The molecule has 0 spiro atoms. The van der Waals surface area contributed by atoms with E-state index < -0.39 is 6.67 Å². The lowest BCUT2D eigenvalue weighted by Gasteiger charge is -2.13. The van der Waals surface area contributed by atoms with Crippen molar-refractivity contribution < 1.29 is 13.9 Å². The maximum atomic E-state index is 12.9. The first-order valence-corrected chi connectivity index (χ1v) is 5.31. The van der Waals surface area contributed by atoms with E-state index in [1.165, 1.54) is 14.2 Å². The number of nitrogens with zero attached hydrogens (tertiary/aromatic N) is 1. The van der Waals surface area contributed by atoms with E-state index in [0.717, 1.165) is 0 Å². The molecule has 0 aliphatic rings. The van der Waals surface area contributed by atoms with Crippen LogP contribution in [0.15, 0.2) is 18.3 Å². The molecule has 0 amide bonds. The number of rotatable bonds is 4. The molecule has 0 saturated carbocycles. The van der Waals surface area contributed by atoms with E-state index in [9.17, 15) is 4.39 Å². The highest BCUT2D eigenvalue weighted by atomic mass is 19.1. The minimum absolute atomic E-state index is 0.420. The van der Waals surface area contributed by atoms with Crippen LogP contribution in [0, 0.1) is 0 Å². The monoisotopic (exact) mass is 251 g/mol. The Morgan fingerprint density at radius 1 is 1.22 bits per heavy atom. The smallest absolute Gasteiger partial charge is 0.127 e. The minimum atomic E-state index is -0.624. The Hall–Kier alpha value is -2.24. The van der Waals surface area contributed by atoms with Gasteiger partial charge in [-0.3, -0.25) is 5.10 Å². The molecular weight excluding hydrogens is 237 g/mol. The molecule has 18 heavy (non-hydrogen) atoms. The molecule has 3 N–H and O–H groups in total. The predicted molar refractivity (Wildman–Crippen MR) is 66.4 cm³/mol. The molecule has 0 fully saturated rings. The number of methoxy groups -OCH3 is 2. The third-order valence-corrected chi connectivity index (χ3v) is 2.71. The van der Waals surface area contributed by atoms with Gasteiger partial charge in [-0.25, -0.2) is 4.39 Å². The van der Waals surface area contributed by atoms with Crippen LogP contribution >= 0.6 is 0 Å². The third-order valence-electron chi connectivity index (χ3n) is 2.71. The van der Waals surface area contributed by atoms with Crippen molar-refractivity contribution in [1.82, 2.24) is 10.2 Å². The molecular formula is C12H14FN3O2. The number of ether oxygens (including phenoxy) is 2. The van der Waals surface area contributed by atoms with Crippen molar-refractivity contribution in [1.29, 1.82) is 0 Å². The molecule has 0 atom stereocenters. The molecule has 0 aliphatic heterocycles. The number of H-pyrrole nitrogens is 1. The molecule has 0 unspecified atom stereocenters. The molecule has 1 aromatic carbocycles. The summed E-state index contributed by atoms with van der Waals surface area (Å²) in [5.74, 6) is 1.40. The summed E-state index contributed by atoms with van der Waals surface area (Å²) in [7, 11) is 3.01. The maximum absolute atomic E-state index is 12.9. The number of hydrogen-bond donors (Lipinski definition) is 2. The average molecular weight is 251 g/mol. The second-order valence-electron chi connectivity index (χ2n) is 3.70. The first-order valence-electron chi connectivity index (χ1n) is 5.31. The summed E-state index contributed by atoms with van der Waals surface area (Å²) in [4.78, 5) is 0. The van der Waals surface area contributed by atoms with Crippen molar-refractivity contribution in [2.24, 2.45) is 0 Å². The number of nitrogens with one attached hydrogen (secondary N) is 1. The van der Waals surface area contributed by atoms with Crippen molar-refractivity contribution in [2.75, 3.05) is 20.0 Å². The van der Waals surface area contributed by atoms with Gasteiger partial charge in [0.1, 0.15) is 24.0 Å². The number of hydrogen-bond acceptors (Lipinski definition) is 4. The molecule has 0 aliphatic carbocycles. The van der Waals surface area contributed by atoms with Crippen LogP contribution in [0.25, 0.3) is 11.1 Å². The molecule has 6 heteroatoms. The Morgan fingerprint density at radius 2 is 1.94 bits per heavy atom. The quantitative estimate of drug-likeness (QED) is 0.873. The Bertz CT molecular complexity index is 554. The Labute approximate surface area is 104 Å². The van der Waals surface area contributed by atoms with Gasteiger partial charge in [0, 0.05) is 16.7 Å². The summed E-state index contributed by atoms with van der Waals surface area (Å²) < 4.78 is 23.3. The molecule has 0 saturated heterocycles. The number of aromatic nitrogens is 2. The number of benzene rings is 1. The van der Waals surface area contributed by atoms with Crippen molar-refractivity contribution in [3.8, 4) is 22.6 Å². The summed E-state index contributed by atoms with van der Waals surface area (Å²) >= 11 is 0. The van der Waals surface area contributed by atoms with Crippen LogP contribution in [0.4, 0.5) is 10.2 Å². The highest BCUT2D eigenvalue weighted by Gasteiger charge is 2.15. The Kier molecular flexibility index (Phi) is 3.36. The van der Waals surface area contributed by atoms with Crippen molar-refractivity contribution in [3.63, 3.8) is 0 Å². The normalized spacial score (nSPS) is 10.4. The van der Waals surface area contributed by atoms with Crippen LogP contribution < -0.4 is 15.2 Å². The fourth-order valence-corrected chi connectivity index (χ4v) is 1.79. The summed E-state index contributed by atoms with van der Waals surface area (Å²) in [6.45, 7) is -0.624. The average Bonchev–Trinajstić information content (AvgIpc) is 2.83. The van der Waals surface area contributed by atoms with Gasteiger partial charge in [0.15, 0.2) is 0 Å². The number of nitrogen functional groups attached to an aromatic ring is 1. The SMILES string of the molecule is COc1cc(-c2cn[nH]c2N)c(OC)cc1CF. The maximum Gasteiger partial charge on any atom is 0.127 e. The van der Waals surface area contributed by atoms with Gasteiger partial charge in [0.25, 0.3) is 0 Å². The van der Waals surface area contributed by atoms with Crippen LogP contribution in [0.2, 0.25) is 0 Å². The number of halogens is 1. The van der Waals surface area contributed by atoms with Crippen molar-refractivity contribution in [3.05, 3.63) is 23.9 Å². The molecule has 1 heterocycles. The lowest BCUT2D eigenvalue weighted by atomic mass is 10.0. The standard InChI is InChI=1S/C12H14FN3O2/c1-17-10-4-8(9-6-15-16-12(9)14)11(18-2)3-7(10)5-13/h3-4,6H,5H2,1-2H3,(H3,14,15,16). The van der Waals surface area contributed by atoms with E-state index in [1.54, 1.807) is 18.3 Å². The van der Waals surface area contributed by atoms with Gasteiger partial charge < -0.3 is 15.2 Å². The second kappa shape index (κ2) is 4.95. The third kappa shape index (κ3) is 1.97. The molecule has 0 bridgehead atoms. The fraction of sp³-hybridized carbons (Fsp3) is 0.250. The van der Waals surface area contributed by atoms with E-state index in [0.29, 0.717) is 34.0 Å².